The summed E-state index contributed by atoms with van der Waals surface area (Å²) in [5, 5.41) is 7.77. The lowest BCUT2D eigenvalue weighted by Crippen LogP contribution is -2.11. The first-order chi connectivity index (χ1) is 9.74. The molecule has 0 unspecified atom stereocenters. The summed E-state index contributed by atoms with van der Waals surface area (Å²) in [6.45, 7) is 6.48. The van der Waals surface area contributed by atoms with Gasteiger partial charge in [-0.05, 0) is 57.8 Å². The van der Waals surface area contributed by atoms with E-state index in [2.05, 4.69) is 40.3 Å². The molecular weight excluding hydrogens is 250 g/mol. The molecule has 0 radical (unpaired) electrons. The van der Waals surface area contributed by atoms with Gasteiger partial charge in [-0.15, -0.1) is 0 Å². The van der Waals surface area contributed by atoms with Crippen LogP contribution in [0.4, 0.5) is 0 Å². The van der Waals surface area contributed by atoms with E-state index in [-0.39, 0.29) is 0 Å². The lowest BCUT2D eigenvalue weighted by molar-refractivity contribution is 0.537. The molecule has 0 bridgehead atoms. The van der Waals surface area contributed by atoms with Crippen LogP contribution in [0.3, 0.4) is 0 Å². The zero-order valence-corrected chi connectivity index (χ0v) is 12.1. The first-order valence-electron chi connectivity index (χ1n) is 7.29. The number of nitrogens with zero attached hydrogens (tertiary/aromatic N) is 4. The van der Waals surface area contributed by atoms with Gasteiger partial charge in [0.25, 0.3) is 0 Å². The average Bonchev–Trinajstić information content (AvgIpc) is 3.09. The second kappa shape index (κ2) is 5.71. The maximum absolute atomic E-state index is 4.42. The SMILES string of the molecule is CC(C)n1nccc1-c1cc(C[C@@H]2CCNC2)ncn1. The monoisotopic (exact) mass is 271 g/mol. The quantitative estimate of drug-likeness (QED) is 0.925. The molecule has 1 fully saturated rings. The van der Waals surface area contributed by atoms with E-state index >= 15 is 0 Å². The zero-order valence-electron chi connectivity index (χ0n) is 12.1. The molecule has 0 saturated carbocycles. The minimum absolute atomic E-state index is 0.331. The normalized spacial score (nSPS) is 18.9. The standard InChI is InChI=1S/C15H21N5/c1-11(2)20-15(4-6-19-20)14-8-13(17-10-18-14)7-12-3-5-16-9-12/h4,6,8,10-12,16H,3,5,7,9H2,1-2H3/t12-/m0/s1. The minimum Gasteiger partial charge on any atom is -0.316 e. The third-order valence-corrected chi connectivity index (χ3v) is 3.81. The van der Waals surface area contributed by atoms with E-state index in [0.717, 1.165) is 36.6 Å². The lowest BCUT2D eigenvalue weighted by Gasteiger charge is -2.12. The first kappa shape index (κ1) is 13.2. The Hall–Kier alpha value is -1.75. The van der Waals surface area contributed by atoms with E-state index in [0.29, 0.717) is 12.0 Å². The molecule has 0 amide bonds. The van der Waals surface area contributed by atoms with Gasteiger partial charge in [-0.25, -0.2) is 9.97 Å². The molecule has 1 aliphatic rings. The van der Waals surface area contributed by atoms with Crippen molar-refractivity contribution >= 4 is 0 Å². The number of rotatable bonds is 4. The minimum atomic E-state index is 0.331. The van der Waals surface area contributed by atoms with Gasteiger partial charge in [0.2, 0.25) is 0 Å². The van der Waals surface area contributed by atoms with E-state index in [1.165, 1.54) is 6.42 Å². The van der Waals surface area contributed by atoms with Crippen LogP contribution in [0.5, 0.6) is 0 Å². The van der Waals surface area contributed by atoms with Crippen molar-refractivity contribution in [2.24, 2.45) is 5.92 Å². The molecule has 5 nitrogen and oxygen atoms in total. The van der Waals surface area contributed by atoms with E-state index in [1.54, 1.807) is 6.33 Å². The van der Waals surface area contributed by atoms with Crippen LogP contribution in [-0.2, 0) is 6.42 Å². The van der Waals surface area contributed by atoms with Gasteiger partial charge in [0.05, 0.1) is 11.4 Å². The predicted octanol–water partition coefficient (Wildman–Crippen LogP) is 2.07. The Bertz CT molecular complexity index is 569. The van der Waals surface area contributed by atoms with Crippen LogP contribution in [-0.4, -0.2) is 32.8 Å². The summed E-state index contributed by atoms with van der Waals surface area (Å²) in [4.78, 5) is 8.83. The van der Waals surface area contributed by atoms with Gasteiger partial charge in [-0.1, -0.05) is 0 Å². The molecule has 1 saturated heterocycles. The Morgan fingerprint density at radius 1 is 1.40 bits per heavy atom. The molecule has 5 heteroatoms. The van der Waals surface area contributed by atoms with Gasteiger partial charge in [0, 0.05) is 17.9 Å². The second-order valence-corrected chi connectivity index (χ2v) is 5.71. The molecule has 2 aromatic rings. The highest BCUT2D eigenvalue weighted by atomic mass is 15.3. The van der Waals surface area contributed by atoms with Crippen molar-refractivity contribution in [3.8, 4) is 11.4 Å². The van der Waals surface area contributed by atoms with E-state index in [9.17, 15) is 0 Å². The van der Waals surface area contributed by atoms with Crippen molar-refractivity contribution in [2.45, 2.75) is 32.7 Å². The maximum Gasteiger partial charge on any atom is 0.116 e. The maximum atomic E-state index is 4.42. The average molecular weight is 271 g/mol. The topological polar surface area (TPSA) is 55.6 Å². The molecule has 3 rings (SSSR count). The Balaban J connectivity index is 1.84. The molecule has 0 spiro atoms. The highest BCUT2D eigenvalue weighted by molar-refractivity contribution is 5.54. The lowest BCUT2D eigenvalue weighted by atomic mass is 10.0. The summed E-state index contributed by atoms with van der Waals surface area (Å²) in [5.74, 6) is 0.702. The number of aromatic nitrogens is 4. The predicted molar refractivity (Wildman–Crippen MR) is 78.3 cm³/mol. The van der Waals surface area contributed by atoms with Crippen LogP contribution in [0.1, 0.15) is 32.0 Å². The van der Waals surface area contributed by atoms with Crippen molar-refractivity contribution in [3.63, 3.8) is 0 Å². The van der Waals surface area contributed by atoms with Crippen molar-refractivity contribution in [3.05, 3.63) is 30.4 Å². The van der Waals surface area contributed by atoms with Crippen LogP contribution in [0.15, 0.2) is 24.7 Å². The summed E-state index contributed by atoms with van der Waals surface area (Å²) in [6.07, 6.45) is 5.77. The van der Waals surface area contributed by atoms with Crippen molar-refractivity contribution in [1.82, 2.24) is 25.1 Å². The highest BCUT2D eigenvalue weighted by Crippen LogP contribution is 2.21. The van der Waals surface area contributed by atoms with Gasteiger partial charge in [0.1, 0.15) is 6.33 Å². The molecule has 2 aromatic heterocycles. The summed E-state index contributed by atoms with van der Waals surface area (Å²) in [5.41, 5.74) is 3.15. The third kappa shape index (κ3) is 2.72. The van der Waals surface area contributed by atoms with Crippen LogP contribution < -0.4 is 5.32 Å². The van der Waals surface area contributed by atoms with Crippen LogP contribution >= 0.6 is 0 Å². The molecule has 0 aromatic carbocycles. The Labute approximate surface area is 119 Å². The number of nitrogens with one attached hydrogen (secondary N) is 1. The zero-order chi connectivity index (χ0) is 13.9. The Morgan fingerprint density at radius 3 is 3.05 bits per heavy atom. The van der Waals surface area contributed by atoms with Crippen LogP contribution in [0.25, 0.3) is 11.4 Å². The molecule has 3 heterocycles. The number of hydrogen-bond acceptors (Lipinski definition) is 4. The molecule has 1 N–H and O–H groups in total. The molecule has 20 heavy (non-hydrogen) atoms. The summed E-state index contributed by atoms with van der Waals surface area (Å²) >= 11 is 0. The summed E-state index contributed by atoms with van der Waals surface area (Å²) < 4.78 is 2.00. The Kier molecular flexibility index (Phi) is 3.78. The molecule has 1 atom stereocenters. The summed E-state index contributed by atoms with van der Waals surface area (Å²) in [6, 6.07) is 4.45. The van der Waals surface area contributed by atoms with Crippen LogP contribution in [0, 0.1) is 5.92 Å². The first-order valence-corrected chi connectivity index (χ1v) is 7.29. The summed E-state index contributed by atoms with van der Waals surface area (Å²) in [7, 11) is 0. The fourth-order valence-corrected chi connectivity index (χ4v) is 2.76. The van der Waals surface area contributed by atoms with Crippen molar-refractivity contribution in [2.75, 3.05) is 13.1 Å². The highest BCUT2D eigenvalue weighted by Gasteiger charge is 2.16. The molecular formula is C15H21N5. The van der Waals surface area contributed by atoms with Crippen LogP contribution in [0.2, 0.25) is 0 Å². The largest absolute Gasteiger partial charge is 0.316 e. The number of hydrogen-bond donors (Lipinski definition) is 1. The van der Waals surface area contributed by atoms with Crippen molar-refractivity contribution < 1.29 is 0 Å². The van der Waals surface area contributed by atoms with Gasteiger partial charge in [-0.3, -0.25) is 4.68 Å². The van der Waals surface area contributed by atoms with Gasteiger partial charge in [0.15, 0.2) is 0 Å². The van der Waals surface area contributed by atoms with E-state index in [1.807, 2.05) is 16.9 Å². The fraction of sp³-hybridized carbons (Fsp3) is 0.533. The molecule has 106 valence electrons. The van der Waals surface area contributed by atoms with Crippen molar-refractivity contribution in [1.29, 1.82) is 0 Å². The molecule has 1 aliphatic heterocycles. The van der Waals surface area contributed by atoms with Gasteiger partial charge < -0.3 is 5.32 Å². The Morgan fingerprint density at radius 2 is 2.30 bits per heavy atom. The van der Waals surface area contributed by atoms with E-state index < -0.39 is 0 Å². The van der Waals surface area contributed by atoms with E-state index in [4.69, 9.17) is 0 Å². The van der Waals surface area contributed by atoms with Gasteiger partial charge in [-0.2, -0.15) is 5.10 Å². The smallest absolute Gasteiger partial charge is 0.116 e. The third-order valence-electron chi connectivity index (χ3n) is 3.81. The molecule has 0 aliphatic carbocycles. The fourth-order valence-electron chi connectivity index (χ4n) is 2.76. The van der Waals surface area contributed by atoms with Gasteiger partial charge >= 0.3 is 0 Å². The second-order valence-electron chi connectivity index (χ2n) is 5.71.